The molecule has 2 rings (SSSR count). The third-order valence-electron chi connectivity index (χ3n) is 4.44. The highest BCUT2D eigenvalue weighted by atomic mass is 16.2. The zero-order valence-electron chi connectivity index (χ0n) is 13.6. The van der Waals surface area contributed by atoms with Gasteiger partial charge in [0.15, 0.2) is 0 Å². The summed E-state index contributed by atoms with van der Waals surface area (Å²) in [5.41, 5.74) is -0.615. The van der Waals surface area contributed by atoms with Crippen molar-refractivity contribution < 1.29 is 9.59 Å². The fourth-order valence-corrected chi connectivity index (χ4v) is 3.27. The molecule has 0 unspecified atom stereocenters. The topological polar surface area (TPSA) is 61.4 Å². The first-order chi connectivity index (χ1) is 9.84. The Balaban J connectivity index is 1.98. The molecule has 0 radical (unpaired) electrons. The molecular formula is C16H29N3O2. The van der Waals surface area contributed by atoms with Crippen molar-refractivity contribution in [2.75, 3.05) is 13.1 Å². The van der Waals surface area contributed by atoms with Crippen LogP contribution in [0.1, 0.15) is 65.7 Å². The van der Waals surface area contributed by atoms with Crippen LogP contribution in [0.25, 0.3) is 0 Å². The lowest BCUT2D eigenvalue weighted by atomic mass is 9.84. The van der Waals surface area contributed by atoms with Gasteiger partial charge < -0.3 is 10.6 Å². The van der Waals surface area contributed by atoms with E-state index in [0.717, 1.165) is 38.5 Å². The van der Waals surface area contributed by atoms with Gasteiger partial charge in [-0.25, -0.2) is 4.79 Å². The molecule has 2 N–H and O–H groups in total. The number of carbonyl (C=O) groups is 2. The second kappa shape index (κ2) is 6.34. The molecule has 1 aliphatic heterocycles. The van der Waals surface area contributed by atoms with Gasteiger partial charge in [-0.05, 0) is 33.6 Å². The third-order valence-corrected chi connectivity index (χ3v) is 4.44. The molecule has 5 heteroatoms. The van der Waals surface area contributed by atoms with E-state index in [-0.39, 0.29) is 17.5 Å². The molecule has 1 saturated heterocycles. The Bertz CT molecular complexity index is 393. The summed E-state index contributed by atoms with van der Waals surface area (Å²) in [5.74, 6) is -0.00916. The quantitative estimate of drug-likeness (QED) is 0.786. The van der Waals surface area contributed by atoms with Crippen molar-refractivity contribution in [1.29, 1.82) is 0 Å². The summed E-state index contributed by atoms with van der Waals surface area (Å²) < 4.78 is 0. The monoisotopic (exact) mass is 295 g/mol. The van der Waals surface area contributed by atoms with Gasteiger partial charge in [-0.1, -0.05) is 32.1 Å². The molecule has 1 aliphatic carbocycles. The summed E-state index contributed by atoms with van der Waals surface area (Å²) in [6.07, 6.45) is 7.21. The molecule has 0 aromatic heterocycles. The average Bonchev–Trinajstić information content (AvgIpc) is 2.58. The molecule has 0 aromatic carbocycles. The van der Waals surface area contributed by atoms with Gasteiger partial charge in [0.25, 0.3) is 5.91 Å². The molecule has 21 heavy (non-hydrogen) atoms. The predicted molar refractivity (Wildman–Crippen MR) is 83.1 cm³/mol. The molecule has 120 valence electrons. The van der Waals surface area contributed by atoms with Gasteiger partial charge in [-0.15, -0.1) is 0 Å². The maximum atomic E-state index is 12.7. The summed E-state index contributed by atoms with van der Waals surface area (Å²) in [6, 6.07) is -0.212. The Morgan fingerprint density at radius 3 is 2.24 bits per heavy atom. The Hall–Kier alpha value is -1.10. The van der Waals surface area contributed by atoms with E-state index in [1.807, 2.05) is 0 Å². The maximum Gasteiger partial charge on any atom is 0.325 e. The normalized spacial score (nSPS) is 23.1. The Kier molecular flexibility index (Phi) is 4.91. The van der Waals surface area contributed by atoms with E-state index in [0.29, 0.717) is 13.1 Å². The van der Waals surface area contributed by atoms with Crippen molar-refractivity contribution in [3.05, 3.63) is 0 Å². The number of imide groups is 1. The number of hydrogen-bond donors (Lipinski definition) is 2. The molecule has 3 amide bonds. The number of nitrogens with zero attached hydrogens (tertiary/aromatic N) is 1. The minimum Gasteiger partial charge on any atom is -0.323 e. The zero-order valence-corrected chi connectivity index (χ0v) is 13.6. The number of rotatable bonds is 3. The number of carbonyl (C=O) groups excluding carboxylic acids is 2. The van der Waals surface area contributed by atoms with Crippen molar-refractivity contribution in [3.63, 3.8) is 0 Å². The number of urea groups is 1. The van der Waals surface area contributed by atoms with Crippen molar-refractivity contribution in [2.45, 2.75) is 76.8 Å². The van der Waals surface area contributed by atoms with E-state index in [2.05, 4.69) is 31.4 Å². The molecule has 2 aliphatic rings. The van der Waals surface area contributed by atoms with Gasteiger partial charge in [0.2, 0.25) is 0 Å². The van der Waals surface area contributed by atoms with E-state index >= 15 is 0 Å². The summed E-state index contributed by atoms with van der Waals surface area (Å²) in [6.45, 7) is 7.32. The first-order valence-corrected chi connectivity index (χ1v) is 8.23. The first kappa shape index (κ1) is 16.3. The lowest BCUT2D eigenvalue weighted by Crippen LogP contribution is -2.48. The second-order valence-electron chi connectivity index (χ2n) is 7.41. The molecular weight excluding hydrogens is 266 g/mol. The van der Waals surface area contributed by atoms with E-state index in [1.54, 1.807) is 0 Å². The zero-order chi connectivity index (χ0) is 15.5. The summed E-state index contributed by atoms with van der Waals surface area (Å²) in [4.78, 5) is 26.3. The van der Waals surface area contributed by atoms with Gasteiger partial charge >= 0.3 is 6.03 Å². The second-order valence-corrected chi connectivity index (χ2v) is 7.41. The van der Waals surface area contributed by atoms with E-state index in [4.69, 9.17) is 0 Å². The van der Waals surface area contributed by atoms with Crippen LogP contribution in [0.3, 0.4) is 0 Å². The number of hydrogen-bond acceptors (Lipinski definition) is 3. The highest BCUT2D eigenvalue weighted by Crippen LogP contribution is 2.31. The van der Waals surface area contributed by atoms with E-state index in [9.17, 15) is 9.59 Å². The van der Waals surface area contributed by atoms with Gasteiger partial charge in [0.1, 0.15) is 5.54 Å². The number of amides is 3. The molecule has 2 fully saturated rings. The lowest BCUT2D eigenvalue weighted by molar-refractivity contribution is -0.132. The summed E-state index contributed by atoms with van der Waals surface area (Å²) in [5, 5.41) is 6.32. The number of nitrogens with one attached hydrogen (secondary N) is 2. The highest BCUT2D eigenvalue weighted by molar-refractivity contribution is 6.07. The molecule has 0 aromatic rings. The fourth-order valence-electron chi connectivity index (χ4n) is 3.27. The van der Waals surface area contributed by atoms with Crippen LogP contribution in [0, 0.1) is 0 Å². The van der Waals surface area contributed by atoms with Crippen LogP contribution >= 0.6 is 0 Å². The van der Waals surface area contributed by atoms with Crippen LogP contribution < -0.4 is 10.6 Å². The molecule has 0 bridgehead atoms. The van der Waals surface area contributed by atoms with Crippen LogP contribution in [-0.2, 0) is 4.79 Å². The fraction of sp³-hybridized carbons (Fsp3) is 0.875. The summed E-state index contributed by atoms with van der Waals surface area (Å²) in [7, 11) is 0. The maximum absolute atomic E-state index is 12.7. The van der Waals surface area contributed by atoms with Crippen molar-refractivity contribution in [3.8, 4) is 0 Å². The van der Waals surface area contributed by atoms with Crippen molar-refractivity contribution in [2.24, 2.45) is 0 Å². The molecule has 1 saturated carbocycles. The van der Waals surface area contributed by atoms with E-state index < -0.39 is 5.54 Å². The van der Waals surface area contributed by atoms with Crippen molar-refractivity contribution >= 4 is 11.9 Å². The Labute approximate surface area is 127 Å². The SMILES string of the molecule is CC(C)(C)NCCN1C(=O)NC2(CCCCCCC2)C1=O. The largest absolute Gasteiger partial charge is 0.325 e. The van der Waals surface area contributed by atoms with Crippen molar-refractivity contribution in [1.82, 2.24) is 15.5 Å². The van der Waals surface area contributed by atoms with Gasteiger partial charge in [-0.2, -0.15) is 0 Å². The minimum atomic E-state index is -0.612. The first-order valence-electron chi connectivity index (χ1n) is 8.23. The molecule has 1 heterocycles. The standard InChI is InChI=1S/C16H29N3O2/c1-15(2,3)17-11-12-19-13(20)16(18-14(19)21)9-7-5-4-6-8-10-16/h17H,4-12H2,1-3H3,(H,18,21). The highest BCUT2D eigenvalue weighted by Gasteiger charge is 2.50. The Morgan fingerprint density at radius 2 is 1.67 bits per heavy atom. The molecule has 1 spiro atoms. The molecule has 0 atom stereocenters. The van der Waals surface area contributed by atoms with Crippen LogP contribution in [-0.4, -0.2) is 41.0 Å². The lowest BCUT2D eigenvalue weighted by Gasteiger charge is -2.28. The smallest absolute Gasteiger partial charge is 0.323 e. The predicted octanol–water partition coefficient (Wildman–Crippen LogP) is 2.41. The third kappa shape index (κ3) is 3.96. The molecule has 5 nitrogen and oxygen atoms in total. The van der Waals surface area contributed by atoms with Gasteiger partial charge in [0, 0.05) is 18.6 Å². The van der Waals surface area contributed by atoms with Crippen LogP contribution in [0.5, 0.6) is 0 Å². The average molecular weight is 295 g/mol. The van der Waals surface area contributed by atoms with Crippen LogP contribution in [0.15, 0.2) is 0 Å². The van der Waals surface area contributed by atoms with Gasteiger partial charge in [-0.3, -0.25) is 9.69 Å². The van der Waals surface area contributed by atoms with Crippen LogP contribution in [0.2, 0.25) is 0 Å². The van der Waals surface area contributed by atoms with Gasteiger partial charge in [0.05, 0.1) is 0 Å². The van der Waals surface area contributed by atoms with Crippen LogP contribution in [0.4, 0.5) is 4.79 Å². The Morgan fingerprint density at radius 1 is 1.10 bits per heavy atom. The van der Waals surface area contributed by atoms with E-state index in [1.165, 1.54) is 11.3 Å². The summed E-state index contributed by atoms with van der Waals surface area (Å²) >= 11 is 0. The minimum absolute atomic E-state index is 0.00281.